The van der Waals surface area contributed by atoms with Crippen molar-refractivity contribution in [2.75, 3.05) is 18.5 Å². The molecule has 0 radical (unpaired) electrons. The molecule has 1 unspecified atom stereocenters. The Morgan fingerprint density at radius 3 is 2.63 bits per heavy atom. The molecule has 1 fully saturated rings. The van der Waals surface area contributed by atoms with Crippen molar-refractivity contribution in [1.82, 2.24) is 14.8 Å². The van der Waals surface area contributed by atoms with Crippen LogP contribution in [0.1, 0.15) is 76.5 Å². The molecule has 2 aliphatic rings. The average Bonchev–Trinajstić information content (AvgIpc) is 3.38. The molecule has 0 spiro atoms. The van der Waals surface area contributed by atoms with E-state index in [1.807, 2.05) is 44.2 Å². The maximum Gasteiger partial charge on any atom is 0.338 e. The third-order valence-corrected chi connectivity index (χ3v) is 8.69. The molecule has 10 heteroatoms. The molecule has 1 aromatic heterocycles. The fourth-order valence-corrected chi connectivity index (χ4v) is 6.60. The Kier molecular flexibility index (Phi) is 9.92. The van der Waals surface area contributed by atoms with Crippen LogP contribution >= 0.6 is 27.7 Å². The van der Waals surface area contributed by atoms with Crippen LogP contribution in [0.3, 0.4) is 0 Å². The molecule has 8 nitrogen and oxygen atoms in total. The molecule has 1 N–H and O–H groups in total. The van der Waals surface area contributed by atoms with Crippen molar-refractivity contribution >= 4 is 39.6 Å². The second-order valence-corrected chi connectivity index (χ2v) is 12.1. The van der Waals surface area contributed by atoms with Crippen LogP contribution in [0, 0.1) is 0 Å². The Morgan fingerprint density at radius 2 is 1.90 bits per heavy atom. The number of aromatic nitrogens is 3. The summed E-state index contributed by atoms with van der Waals surface area (Å²) in [5.41, 5.74) is 3.24. The van der Waals surface area contributed by atoms with Gasteiger partial charge in [-0.3, -0.25) is 0 Å². The highest BCUT2D eigenvalue weighted by Crippen LogP contribution is 2.44. The molecule has 41 heavy (non-hydrogen) atoms. The van der Waals surface area contributed by atoms with E-state index >= 15 is 0 Å². The Morgan fingerprint density at radius 1 is 1.12 bits per heavy atom. The molecular weight excluding hydrogens is 604 g/mol. The van der Waals surface area contributed by atoms with Gasteiger partial charge in [-0.15, -0.1) is 5.10 Å². The highest BCUT2D eigenvalue weighted by atomic mass is 79.9. The van der Waals surface area contributed by atoms with E-state index in [1.54, 1.807) is 16.4 Å². The first-order valence-corrected chi connectivity index (χ1v) is 16.2. The molecule has 0 bridgehead atoms. The number of halogens is 1. The lowest BCUT2D eigenvalue weighted by molar-refractivity contribution is -0.146. The fraction of sp³-hybridized carbons (Fsp3) is 0.452. The van der Waals surface area contributed by atoms with Crippen molar-refractivity contribution in [3.8, 4) is 11.5 Å². The highest BCUT2D eigenvalue weighted by molar-refractivity contribution is 9.10. The lowest BCUT2D eigenvalue weighted by atomic mass is 9.94. The van der Waals surface area contributed by atoms with E-state index < -0.39 is 6.04 Å². The number of carbonyl (C=O) groups is 1. The summed E-state index contributed by atoms with van der Waals surface area (Å²) in [6.07, 6.45) is 5.95. The summed E-state index contributed by atoms with van der Waals surface area (Å²) < 4.78 is 20.7. The summed E-state index contributed by atoms with van der Waals surface area (Å²) in [6, 6.07) is 13.6. The number of rotatable bonds is 11. The molecule has 2 aromatic carbocycles. The number of nitrogens with one attached hydrogen (secondary N) is 1. The molecular formula is C31H37BrN4O4S. The number of ether oxygens (including phenoxy) is 3. The Bertz CT molecular complexity index is 1390. The van der Waals surface area contributed by atoms with Gasteiger partial charge in [0.1, 0.15) is 12.1 Å². The van der Waals surface area contributed by atoms with Gasteiger partial charge in [0.2, 0.25) is 11.1 Å². The quantitative estimate of drug-likeness (QED) is 0.169. The number of anilines is 1. The van der Waals surface area contributed by atoms with E-state index in [1.165, 1.54) is 12.0 Å². The molecule has 0 saturated heterocycles. The average molecular weight is 642 g/mol. The van der Waals surface area contributed by atoms with Gasteiger partial charge in [0.25, 0.3) is 0 Å². The normalized spacial score (nSPS) is 17.1. The summed E-state index contributed by atoms with van der Waals surface area (Å²) in [5.74, 6) is 2.25. The SMILES string of the molecule is CCCOc1c(Br)cc(C2C(C(=O)OC3CCCCC3)=C(C)Nc3nc(SCc4ccccc4)nn32)cc1OCC. The summed E-state index contributed by atoms with van der Waals surface area (Å²) in [4.78, 5) is 18.6. The third-order valence-electron chi connectivity index (χ3n) is 7.19. The van der Waals surface area contributed by atoms with Gasteiger partial charge < -0.3 is 19.5 Å². The van der Waals surface area contributed by atoms with E-state index in [0.29, 0.717) is 47.1 Å². The van der Waals surface area contributed by atoms with Crippen LogP contribution in [0.5, 0.6) is 11.5 Å². The van der Waals surface area contributed by atoms with Gasteiger partial charge in [0, 0.05) is 11.4 Å². The van der Waals surface area contributed by atoms with Crippen molar-refractivity contribution < 1.29 is 19.0 Å². The van der Waals surface area contributed by atoms with Gasteiger partial charge >= 0.3 is 5.97 Å². The van der Waals surface area contributed by atoms with Crippen LogP contribution < -0.4 is 14.8 Å². The number of esters is 1. The number of fused-ring (bicyclic) bond motifs is 1. The number of hydrogen-bond donors (Lipinski definition) is 1. The van der Waals surface area contributed by atoms with Gasteiger partial charge in [-0.05, 0) is 85.1 Å². The predicted molar refractivity (Wildman–Crippen MR) is 165 cm³/mol. The Balaban J connectivity index is 1.54. The number of nitrogens with zero attached hydrogens (tertiary/aromatic N) is 3. The lowest BCUT2D eigenvalue weighted by Crippen LogP contribution is -2.32. The van der Waals surface area contributed by atoms with Gasteiger partial charge in [-0.1, -0.05) is 55.4 Å². The van der Waals surface area contributed by atoms with Crippen LogP contribution in [-0.4, -0.2) is 40.1 Å². The monoisotopic (exact) mass is 640 g/mol. The molecule has 1 saturated carbocycles. The number of hydrogen-bond acceptors (Lipinski definition) is 8. The van der Waals surface area contributed by atoms with Crippen LogP contribution in [0.4, 0.5) is 5.95 Å². The van der Waals surface area contributed by atoms with Gasteiger partial charge in [0.15, 0.2) is 11.5 Å². The maximum atomic E-state index is 13.8. The van der Waals surface area contributed by atoms with Gasteiger partial charge in [-0.2, -0.15) is 4.98 Å². The molecule has 0 amide bonds. The van der Waals surface area contributed by atoms with Crippen molar-refractivity contribution in [3.63, 3.8) is 0 Å². The van der Waals surface area contributed by atoms with E-state index in [9.17, 15) is 4.79 Å². The molecule has 3 aromatic rings. The first-order valence-electron chi connectivity index (χ1n) is 14.4. The van der Waals surface area contributed by atoms with Crippen LogP contribution in [0.15, 0.2) is 63.4 Å². The predicted octanol–water partition coefficient (Wildman–Crippen LogP) is 7.69. The van der Waals surface area contributed by atoms with Gasteiger partial charge in [0.05, 0.1) is 23.3 Å². The minimum Gasteiger partial charge on any atom is -0.490 e. The lowest BCUT2D eigenvalue weighted by Gasteiger charge is -2.30. The summed E-state index contributed by atoms with van der Waals surface area (Å²) in [7, 11) is 0. The summed E-state index contributed by atoms with van der Waals surface area (Å²) in [6.45, 7) is 6.95. The molecule has 2 heterocycles. The largest absolute Gasteiger partial charge is 0.490 e. The molecule has 218 valence electrons. The number of carbonyl (C=O) groups excluding carboxylic acids is 1. The third kappa shape index (κ3) is 6.92. The zero-order chi connectivity index (χ0) is 28.8. The molecule has 1 aliphatic heterocycles. The van der Waals surface area contributed by atoms with Crippen molar-refractivity contribution in [2.24, 2.45) is 0 Å². The number of benzene rings is 2. The Labute approximate surface area is 254 Å². The number of allylic oxidation sites excluding steroid dienone is 1. The zero-order valence-corrected chi connectivity index (χ0v) is 26.2. The zero-order valence-electron chi connectivity index (χ0n) is 23.8. The van der Waals surface area contributed by atoms with E-state index in [4.69, 9.17) is 24.3 Å². The smallest absolute Gasteiger partial charge is 0.338 e. The van der Waals surface area contributed by atoms with Gasteiger partial charge in [-0.25, -0.2) is 9.48 Å². The topological polar surface area (TPSA) is 87.5 Å². The Hall–Kier alpha value is -2.98. The standard InChI is InChI=1S/C31H37BrN4O4S/c1-4-16-39-28-24(32)17-22(18-25(28)38-5-2)27-26(29(37)40-23-14-10-7-11-15-23)20(3)33-30-34-31(35-36(27)30)41-19-21-12-8-6-9-13-21/h6,8-9,12-13,17-18,23,27H,4-5,7,10-11,14-16,19H2,1-3H3,(H,33,34,35). The highest BCUT2D eigenvalue weighted by Gasteiger charge is 2.37. The second kappa shape index (κ2) is 13.8. The molecule has 1 aliphatic carbocycles. The summed E-state index contributed by atoms with van der Waals surface area (Å²) >= 11 is 5.27. The number of thioether (sulfide) groups is 1. The van der Waals surface area contributed by atoms with Crippen molar-refractivity contribution in [3.05, 3.63) is 69.3 Å². The van der Waals surface area contributed by atoms with Crippen molar-refractivity contribution in [2.45, 2.75) is 82.4 Å². The van der Waals surface area contributed by atoms with Crippen molar-refractivity contribution in [1.29, 1.82) is 0 Å². The molecule has 1 atom stereocenters. The maximum absolute atomic E-state index is 13.8. The minimum atomic E-state index is -0.559. The first-order chi connectivity index (χ1) is 20.0. The summed E-state index contributed by atoms with van der Waals surface area (Å²) in [5, 5.41) is 8.85. The first kappa shape index (κ1) is 29.5. The minimum absolute atomic E-state index is 0.0677. The van der Waals surface area contributed by atoms with E-state index in [0.717, 1.165) is 47.9 Å². The van der Waals surface area contributed by atoms with Crippen LogP contribution in [-0.2, 0) is 15.3 Å². The second-order valence-electron chi connectivity index (χ2n) is 10.3. The van der Waals surface area contributed by atoms with Crippen LogP contribution in [0.25, 0.3) is 0 Å². The van der Waals surface area contributed by atoms with Crippen LogP contribution in [0.2, 0.25) is 0 Å². The van der Waals surface area contributed by atoms with E-state index in [2.05, 4.69) is 40.3 Å². The molecule has 5 rings (SSSR count). The van der Waals surface area contributed by atoms with E-state index in [-0.39, 0.29) is 12.1 Å². The fourth-order valence-electron chi connectivity index (χ4n) is 5.24.